The summed E-state index contributed by atoms with van der Waals surface area (Å²) in [5.74, 6) is 8.32. The van der Waals surface area contributed by atoms with Crippen molar-refractivity contribution in [3.63, 3.8) is 0 Å². The van der Waals surface area contributed by atoms with Gasteiger partial charge in [0.25, 0.3) is 0 Å². The Kier molecular flexibility index (Phi) is 5.75. The normalized spacial score (nSPS) is 16.1. The van der Waals surface area contributed by atoms with Gasteiger partial charge in [0.1, 0.15) is 30.1 Å². The molecule has 0 amide bonds. The third-order valence-corrected chi connectivity index (χ3v) is 4.55. The summed E-state index contributed by atoms with van der Waals surface area (Å²) in [5, 5.41) is 4.86. The number of hydrogen-bond donors (Lipinski definition) is 2. The number of nitrogen functional groups attached to an aromatic ring is 1. The topological polar surface area (TPSA) is 91.5 Å². The van der Waals surface area contributed by atoms with Crippen LogP contribution in [0.15, 0.2) is 42.7 Å². The minimum Gasteiger partial charge on any atom is -0.491 e. The fraction of sp³-hybridized carbons (Fsp3) is 0.273. The van der Waals surface area contributed by atoms with Crippen molar-refractivity contribution in [3.8, 4) is 17.6 Å². The van der Waals surface area contributed by atoms with Crippen LogP contribution in [0.3, 0.4) is 0 Å². The molecule has 0 spiro atoms. The van der Waals surface area contributed by atoms with Crippen LogP contribution in [0.2, 0.25) is 0 Å². The third kappa shape index (κ3) is 4.57. The molecule has 1 aromatic carbocycles. The molecule has 148 valence electrons. The van der Waals surface area contributed by atoms with Crippen LogP contribution in [0, 0.1) is 11.8 Å². The number of rotatable bonds is 4. The first-order chi connectivity index (χ1) is 14.2. The third-order valence-electron chi connectivity index (χ3n) is 4.55. The van der Waals surface area contributed by atoms with Crippen molar-refractivity contribution < 1.29 is 14.2 Å². The lowest BCUT2D eigenvalue weighted by Gasteiger charge is -2.22. The lowest BCUT2D eigenvalue weighted by molar-refractivity contribution is -0.101. The molecule has 0 bridgehead atoms. The number of nitrogens with two attached hydrogens (primary N) is 1. The number of hydrogen-bond acceptors (Lipinski definition) is 7. The minimum absolute atomic E-state index is 0.0218. The number of fused-ring (bicyclic) bond motifs is 1. The van der Waals surface area contributed by atoms with E-state index < -0.39 is 0 Å². The van der Waals surface area contributed by atoms with Crippen molar-refractivity contribution in [2.24, 2.45) is 0 Å². The van der Waals surface area contributed by atoms with E-state index in [9.17, 15) is 0 Å². The Bertz CT molecular complexity index is 1050. The smallest absolute Gasteiger partial charge is 0.135 e. The van der Waals surface area contributed by atoms with Crippen molar-refractivity contribution in [2.45, 2.75) is 6.10 Å². The summed E-state index contributed by atoms with van der Waals surface area (Å²) in [7, 11) is 1.82. The lowest BCUT2D eigenvalue weighted by atomic mass is 10.1. The molecule has 0 radical (unpaired) electrons. The molecule has 0 saturated carbocycles. The summed E-state index contributed by atoms with van der Waals surface area (Å²) in [6.07, 6.45) is 3.43. The second-order valence-corrected chi connectivity index (χ2v) is 6.58. The van der Waals surface area contributed by atoms with Gasteiger partial charge in [-0.3, -0.25) is 0 Å². The lowest BCUT2D eigenvalue weighted by Crippen LogP contribution is -2.33. The summed E-state index contributed by atoms with van der Waals surface area (Å²) in [4.78, 5) is 8.57. The molecule has 7 nitrogen and oxygen atoms in total. The highest BCUT2D eigenvalue weighted by Gasteiger charge is 2.14. The van der Waals surface area contributed by atoms with E-state index in [-0.39, 0.29) is 6.10 Å². The van der Waals surface area contributed by atoms with Crippen LogP contribution in [-0.2, 0) is 9.47 Å². The monoisotopic (exact) mass is 390 g/mol. The van der Waals surface area contributed by atoms with E-state index in [1.54, 1.807) is 12.4 Å². The number of benzene rings is 1. The van der Waals surface area contributed by atoms with Crippen LogP contribution < -0.4 is 15.8 Å². The van der Waals surface area contributed by atoms with E-state index in [0.29, 0.717) is 32.2 Å². The Hall–Kier alpha value is -3.34. The van der Waals surface area contributed by atoms with Crippen LogP contribution in [-0.4, -0.2) is 49.5 Å². The van der Waals surface area contributed by atoms with Crippen LogP contribution in [0.25, 0.3) is 10.8 Å². The van der Waals surface area contributed by atoms with Gasteiger partial charge in [-0.25, -0.2) is 9.97 Å². The predicted octanol–water partition coefficient (Wildman–Crippen LogP) is 2.45. The van der Waals surface area contributed by atoms with Gasteiger partial charge in [0.05, 0.1) is 25.4 Å². The molecule has 2 aromatic heterocycles. The maximum atomic E-state index is 5.86. The van der Waals surface area contributed by atoms with Crippen LogP contribution in [0.5, 0.6) is 5.75 Å². The van der Waals surface area contributed by atoms with Gasteiger partial charge in [-0.05, 0) is 30.3 Å². The van der Waals surface area contributed by atoms with E-state index in [0.717, 1.165) is 33.5 Å². The van der Waals surface area contributed by atoms with Gasteiger partial charge in [0, 0.05) is 35.8 Å². The molecule has 1 atom stereocenters. The molecule has 1 aliphatic rings. The Morgan fingerprint density at radius 1 is 1.14 bits per heavy atom. The summed E-state index contributed by atoms with van der Waals surface area (Å²) < 4.78 is 16.7. The Morgan fingerprint density at radius 2 is 2.00 bits per heavy atom. The molecule has 0 aliphatic carbocycles. The molecular formula is C22H22N4O3. The number of nitrogens with zero attached hydrogens (tertiary/aromatic N) is 2. The maximum Gasteiger partial charge on any atom is 0.135 e. The highest BCUT2D eigenvalue weighted by atomic mass is 16.6. The summed E-state index contributed by atoms with van der Waals surface area (Å²) in [6.45, 7) is 2.30. The highest BCUT2D eigenvalue weighted by molar-refractivity contribution is 5.96. The first kappa shape index (κ1) is 19.0. The van der Waals surface area contributed by atoms with Crippen molar-refractivity contribution in [2.75, 3.05) is 44.5 Å². The second-order valence-electron chi connectivity index (χ2n) is 6.58. The maximum absolute atomic E-state index is 5.86. The van der Waals surface area contributed by atoms with Gasteiger partial charge in [-0.1, -0.05) is 11.8 Å². The minimum atomic E-state index is -0.0218. The number of pyridine rings is 2. The second kappa shape index (κ2) is 8.78. The van der Waals surface area contributed by atoms with E-state index in [4.69, 9.17) is 19.9 Å². The molecule has 1 aliphatic heterocycles. The number of anilines is 2. The molecule has 3 N–H and O–H groups in total. The van der Waals surface area contributed by atoms with Gasteiger partial charge in [0.15, 0.2) is 0 Å². The van der Waals surface area contributed by atoms with Gasteiger partial charge in [-0.2, -0.15) is 0 Å². The molecule has 4 rings (SSSR count). The zero-order valence-electron chi connectivity index (χ0n) is 16.1. The molecule has 7 heteroatoms. The number of ether oxygens (including phenoxy) is 3. The van der Waals surface area contributed by atoms with E-state index in [1.165, 1.54) is 0 Å². The van der Waals surface area contributed by atoms with Crippen LogP contribution in [0.1, 0.15) is 11.1 Å². The largest absolute Gasteiger partial charge is 0.491 e. The SMILES string of the molecule is CNc1ncc(C#Cc2ccc(OC[C@@H]3COCCO3)cc2)c2cc(N)ncc12. The number of aromatic nitrogens is 2. The first-order valence-electron chi connectivity index (χ1n) is 9.39. The van der Waals surface area contributed by atoms with E-state index in [2.05, 4.69) is 27.1 Å². The van der Waals surface area contributed by atoms with Crippen molar-refractivity contribution >= 4 is 22.4 Å². The molecule has 1 fully saturated rings. The fourth-order valence-electron chi connectivity index (χ4n) is 3.05. The zero-order valence-corrected chi connectivity index (χ0v) is 16.1. The Balaban J connectivity index is 1.49. The average Bonchev–Trinajstić information content (AvgIpc) is 2.77. The number of nitrogens with one attached hydrogen (secondary N) is 1. The molecule has 3 heterocycles. The Morgan fingerprint density at radius 3 is 2.76 bits per heavy atom. The highest BCUT2D eigenvalue weighted by Crippen LogP contribution is 2.24. The van der Waals surface area contributed by atoms with Crippen molar-refractivity contribution in [1.82, 2.24) is 9.97 Å². The van der Waals surface area contributed by atoms with E-state index >= 15 is 0 Å². The standard InChI is InChI=1S/C22H22N4O3/c1-24-22-20-12-25-21(23)10-19(20)16(11-26-22)5-2-15-3-6-17(7-4-15)29-14-18-13-27-8-9-28-18/h3-4,6-7,10-12,18H,8-9,13-14H2,1H3,(H2,23,25)(H,24,26)/t18-/m0/s1. The van der Waals surface area contributed by atoms with Crippen LogP contribution in [0.4, 0.5) is 11.6 Å². The molecule has 3 aromatic rings. The molecule has 29 heavy (non-hydrogen) atoms. The first-order valence-corrected chi connectivity index (χ1v) is 9.39. The predicted molar refractivity (Wildman–Crippen MR) is 112 cm³/mol. The molecule has 0 unspecified atom stereocenters. The van der Waals surface area contributed by atoms with Gasteiger partial charge >= 0.3 is 0 Å². The summed E-state index contributed by atoms with van der Waals surface area (Å²) >= 11 is 0. The van der Waals surface area contributed by atoms with Gasteiger partial charge in [-0.15, -0.1) is 0 Å². The van der Waals surface area contributed by atoms with Crippen LogP contribution >= 0.6 is 0 Å². The van der Waals surface area contributed by atoms with Crippen molar-refractivity contribution in [1.29, 1.82) is 0 Å². The fourth-order valence-corrected chi connectivity index (χ4v) is 3.05. The zero-order chi connectivity index (χ0) is 20.1. The molecule has 1 saturated heterocycles. The van der Waals surface area contributed by atoms with E-state index in [1.807, 2.05) is 37.4 Å². The quantitative estimate of drug-likeness (QED) is 0.661. The Labute approximate surface area is 169 Å². The average molecular weight is 390 g/mol. The summed E-state index contributed by atoms with van der Waals surface area (Å²) in [5.41, 5.74) is 7.53. The van der Waals surface area contributed by atoms with Gasteiger partial charge < -0.3 is 25.3 Å². The summed E-state index contributed by atoms with van der Waals surface area (Å²) in [6, 6.07) is 9.46. The van der Waals surface area contributed by atoms with Crippen molar-refractivity contribution in [3.05, 3.63) is 53.9 Å². The molecular weight excluding hydrogens is 368 g/mol. The van der Waals surface area contributed by atoms with Gasteiger partial charge in [0.2, 0.25) is 0 Å².